The summed E-state index contributed by atoms with van der Waals surface area (Å²) in [4.78, 5) is 20.5. The monoisotopic (exact) mass is 211 g/mol. The van der Waals surface area contributed by atoms with Gasteiger partial charge in [0.1, 0.15) is 11.5 Å². The minimum atomic E-state index is -0.779. The van der Waals surface area contributed by atoms with Crippen molar-refractivity contribution in [3.63, 3.8) is 0 Å². The molecule has 1 rings (SSSR count). The van der Waals surface area contributed by atoms with E-state index in [-0.39, 0.29) is 23.5 Å². The number of rotatable bonds is 3. The van der Waals surface area contributed by atoms with E-state index in [2.05, 4.69) is 0 Å². The van der Waals surface area contributed by atoms with E-state index in [9.17, 15) is 20.0 Å². The molecule has 0 spiro atoms. The maximum atomic E-state index is 10.8. The lowest BCUT2D eigenvalue weighted by atomic mass is 10.1. The van der Waals surface area contributed by atoms with E-state index in [0.717, 1.165) is 12.1 Å². The molecule has 0 aliphatic rings. The van der Waals surface area contributed by atoms with Crippen LogP contribution >= 0.6 is 0 Å². The highest BCUT2D eigenvalue weighted by atomic mass is 16.6. The molecule has 0 saturated carbocycles. The molecule has 0 heterocycles. The molecular weight excluding hydrogens is 202 g/mol. The summed E-state index contributed by atoms with van der Waals surface area (Å²) in [6, 6.07) is 1.85. The molecule has 0 amide bonds. The zero-order chi connectivity index (χ0) is 11.6. The first-order chi connectivity index (χ1) is 6.91. The summed E-state index contributed by atoms with van der Waals surface area (Å²) in [6.07, 6.45) is -0.104. The number of phenols is 2. The van der Waals surface area contributed by atoms with Gasteiger partial charge in [-0.2, -0.15) is 0 Å². The molecule has 0 radical (unpaired) electrons. The molecule has 0 aromatic heterocycles. The van der Waals surface area contributed by atoms with Gasteiger partial charge in [-0.25, -0.2) is 0 Å². The molecule has 2 N–H and O–H groups in total. The van der Waals surface area contributed by atoms with Gasteiger partial charge in [-0.3, -0.25) is 14.9 Å². The van der Waals surface area contributed by atoms with Crippen LogP contribution in [0.1, 0.15) is 12.5 Å². The first-order valence-corrected chi connectivity index (χ1v) is 4.10. The molecule has 0 aliphatic heterocycles. The second kappa shape index (κ2) is 3.95. The quantitative estimate of drug-likeness (QED) is 0.576. The lowest BCUT2D eigenvalue weighted by Crippen LogP contribution is -1.98. The van der Waals surface area contributed by atoms with Crippen molar-refractivity contribution in [3.05, 3.63) is 27.8 Å². The van der Waals surface area contributed by atoms with Gasteiger partial charge < -0.3 is 10.2 Å². The standard InChI is InChI=1S/C9H9NO5/c1-5(11)2-6-3-7(10(14)15)9(13)4-8(6)12/h3-4,12-13H,2H2,1H3. The SMILES string of the molecule is CC(=O)Cc1cc([N+](=O)[O-])c(O)cc1O. The molecule has 0 saturated heterocycles. The van der Waals surface area contributed by atoms with Gasteiger partial charge in [0.2, 0.25) is 0 Å². The van der Waals surface area contributed by atoms with Crippen molar-refractivity contribution in [2.24, 2.45) is 0 Å². The molecule has 0 unspecified atom stereocenters. The van der Waals surface area contributed by atoms with Crippen molar-refractivity contribution >= 4 is 11.5 Å². The summed E-state index contributed by atoms with van der Waals surface area (Å²) in [5.41, 5.74) is -0.393. The highest BCUT2D eigenvalue weighted by molar-refractivity contribution is 5.79. The van der Waals surface area contributed by atoms with Crippen molar-refractivity contribution < 1.29 is 19.9 Å². The Labute approximate surface area is 84.9 Å². The average molecular weight is 211 g/mol. The molecule has 1 aromatic carbocycles. The minimum absolute atomic E-state index is 0.104. The number of nitro groups is 1. The van der Waals surface area contributed by atoms with E-state index in [1.165, 1.54) is 6.92 Å². The largest absolute Gasteiger partial charge is 0.508 e. The van der Waals surface area contributed by atoms with Crippen LogP contribution in [0.5, 0.6) is 11.5 Å². The molecule has 0 bridgehead atoms. The van der Waals surface area contributed by atoms with E-state index >= 15 is 0 Å². The highest BCUT2D eigenvalue weighted by Gasteiger charge is 2.17. The van der Waals surface area contributed by atoms with Crippen molar-refractivity contribution in [1.29, 1.82) is 0 Å². The number of hydrogen-bond acceptors (Lipinski definition) is 5. The van der Waals surface area contributed by atoms with E-state index in [1.54, 1.807) is 0 Å². The molecule has 6 nitrogen and oxygen atoms in total. The summed E-state index contributed by atoms with van der Waals surface area (Å²) in [5.74, 6) is -1.18. The van der Waals surface area contributed by atoms with E-state index in [4.69, 9.17) is 5.11 Å². The molecular formula is C9H9NO5. The van der Waals surface area contributed by atoms with Crippen LogP contribution in [-0.2, 0) is 11.2 Å². The Balaban J connectivity index is 3.23. The number of hydrogen-bond donors (Lipinski definition) is 2. The molecule has 0 aliphatic carbocycles. The van der Waals surface area contributed by atoms with Gasteiger partial charge in [0.15, 0.2) is 5.75 Å². The first-order valence-electron chi connectivity index (χ1n) is 4.10. The van der Waals surface area contributed by atoms with Crippen molar-refractivity contribution in [3.8, 4) is 11.5 Å². The Kier molecular flexibility index (Phi) is 2.89. The zero-order valence-corrected chi connectivity index (χ0v) is 7.93. The minimum Gasteiger partial charge on any atom is -0.508 e. The van der Waals surface area contributed by atoms with Gasteiger partial charge in [0, 0.05) is 24.1 Å². The third-order valence-electron chi connectivity index (χ3n) is 1.81. The normalized spacial score (nSPS) is 9.93. The van der Waals surface area contributed by atoms with Crippen LogP contribution in [0.25, 0.3) is 0 Å². The fraction of sp³-hybridized carbons (Fsp3) is 0.222. The second-order valence-corrected chi connectivity index (χ2v) is 3.11. The Morgan fingerprint density at radius 1 is 1.40 bits per heavy atom. The van der Waals surface area contributed by atoms with Crippen LogP contribution in [0.2, 0.25) is 0 Å². The summed E-state index contributed by atoms with van der Waals surface area (Å²) < 4.78 is 0. The van der Waals surface area contributed by atoms with Crippen LogP contribution in [0.4, 0.5) is 5.69 Å². The van der Waals surface area contributed by atoms with Gasteiger partial charge >= 0.3 is 5.69 Å². The number of carbonyl (C=O) groups is 1. The van der Waals surface area contributed by atoms with Crippen LogP contribution in [-0.4, -0.2) is 20.9 Å². The first kappa shape index (κ1) is 11.0. The predicted octanol–water partition coefficient (Wildman–Crippen LogP) is 1.14. The summed E-state index contributed by atoms with van der Waals surface area (Å²) >= 11 is 0. The van der Waals surface area contributed by atoms with E-state index < -0.39 is 16.4 Å². The summed E-state index contributed by atoms with van der Waals surface area (Å²) in [5, 5.41) is 28.9. The summed E-state index contributed by atoms with van der Waals surface area (Å²) in [6.45, 7) is 1.30. The smallest absolute Gasteiger partial charge is 0.311 e. The van der Waals surface area contributed by atoms with Crippen molar-refractivity contribution in [2.75, 3.05) is 0 Å². The molecule has 6 heteroatoms. The number of Topliss-reactive ketones (excluding diaryl/α,β-unsaturated/α-hetero) is 1. The number of nitro benzene ring substituents is 1. The van der Waals surface area contributed by atoms with Crippen LogP contribution in [0.3, 0.4) is 0 Å². The van der Waals surface area contributed by atoms with Crippen molar-refractivity contribution in [1.82, 2.24) is 0 Å². The third-order valence-corrected chi connectivity index (χ3v) is 1.81. The van der Waals surface area contributed by atoms with Crippen LogP contribution < -0.4 is 0 Å². The number of aromatic hydroxyl groups is 2. The highest BCUT2D eigenvalue weighted by Crippen LogP contribution is 2.33. The number of benzene rings is 1. The molecule has 0 atom stereocenters. The second-order valence-electron chi connectivity index (χ2n) is 3.11. The predicted molar refractivity (Wildman–Crippen MR) is 50.8 cm³/mol. The van der Waals surface area contributed by atoms with Crippen molar-refractivity contribution in [2.45, 2.75) is 13.3 Å². The van der Waals surface area contributed by atoms with Gasteiger partial charge in [0.05, 0.1) is 4.92 Å². The average Bonchev–Trinajstić information content (AvgIpc) is 2.08. The van der Waals surface area contributed by atoms with E-state index in [0.29, 0.717) is 0 Å². The number of nitrogens with zero attached hydrogens (tertiary/aromatic N) is 1. The molecule has 80 valence electrons. The Morgan fingerprint density at radius 3 is 2.47 bits per heavy atom. The number of phenolic OH excluding ortho intramolecular Hbond substituents is 2. The number of ketones is 1. The third kappa shape index (κ3) is 2.43. The lowest BCUT2D eigenvalue weighted by Gasteiger charge is -2.03. The Hall–Kier alpha value is -2.11. The van der Waals surface area contributed by atoms with Crippen LogP contribution in [0.15, 0.2) is 12.1 Å². The van der Waals surface area contributed by atoms with Gasteiger partial charge in [-0.1, -0.05) is 0 Å². The zero-order valence-electron chi connectivity index (χ0n) is 7.93. The van der Waals surface area contributed by atoms with Crippen LogP contribution in [0, 0.1) is 10.1 Å². The van der Waals surface area contributed by atoms with Gasteiger partial charge in [-0.15, -0.1) is 0 Å². The fourth-order valence-corrected chi connectivity index (χ4v) is 1.17. The van der Waals surface area contributed by atoms with Gasteiger partial charge in [0.25, 0.3) is 0 Å². The van der Waals surface area contributed by atoms with E-state index in [1.807, 2.05) is 0 Å². The molecule has 1 aromatic rings. The maximum Gasteiger partial charge on any atom is 0.311 e. The molecule has 0 fully saturated rings. The lowest BCUT2D eigenvalue weighted by molar-refractivity contribution is -0.385. The fourth-order valence-electron chi connectivity index (χ4n) is 1.17. The molecule has 15 heavy (non-hydrogen) atoms. The topological polar surface area (TPSA) is 101 Å². The Morgan fingerprint density at radius 2 is 2.00 bits per heavy atom. The Bertz CT molecular complexity index is 427. The van der Waals surface area contributed by atoms with Gasteiger partial charge in [-0.05, 0) is 6.92 Å². The number of carbonyl (C=O) groups excluding carboxylic acids is 1. The summed E-state index contributed by atoms with van der Waals surface area (Å²) in [7, 11) is 0. The maximum absolute atomic E-state index is 10.8.